The first-order chi connectivity index (χ1) is 15.8. The first kappa shape index (κ1) is 23.8. The van der Waals surface area contributed by atoms with Crippen molar-refractivity contribution in [3.05, 3.63) is 46.8 Å². The fourth-order valence-electron chi connectivity index (χ4n) is 5.38. The molecule has 180 valence electrons. The molecular formula is C27H40N4O2. The highest BCUT2D eigenvalue weighted by molar-refractivity contribution is 5.96. The smallest absolute Gasteiger partial charge is 0.259 e. The molecule has 0 saturated carbocycles. The number of nitrogens with zero attached hydrogens (tertiary/aromatic N) is 3. The number of benzene rings is 1. The van der Waals surface area contributed by atoms with Gasteiger partial charge in [-0.3, -0.25) is 9.69 Å². The highest BCUT2D eigenvalue weighted by Gasteiger charge is 2.36. The van der Waals surface area contributed by atoms with Crippen molar-refractivity contribution in [1.29, 1.82) is 0 Å². The van der Waals surface area contributed by atoms with Crippen LogP contribution < -0.4 is 5.32 Å². The number of para-hydroxylation sites is 1. The minimum absolute atomic E-state index is 0.0405. The van der Waals surface area contributed by atoms with Gasteiger partial charge >= 0.3 is 0 Å². The number of carbonyl (C=O) groups excluding carboxylic acids is 1. The van der Waals surface area contributed by atoms with Crippen molar-refractivity contribution >= 4 is 11.6 Å². The van der Waals surface area contributed by atoms with Crippen molar-refractivity contribution in [2.75, 3.05) is 25.0 Å². The number of anilines is 1. The Morgan fingerprint density at radius 2 is 1.91 bits per heavy atom. The monoisotopic (exact) mass is 452 g/mol. The third-order valence-electron chi connectivity index (χ3n) is 7.28. The lowest BCUT2D eigenvalue weighted by molar-refractivity contribution is 0.0663. The zero-order valence-electron chi connectivity index (χ0n) is 20.9. The Morgan fingerprint density at radius 1 is 1.15 bits per heavy atom. The number of aryl methyl sites for hydroxylation is 1. The molecule has 4 rings (SSSR count). The van der Waals surface area contributed by atoms with Crippen LogP contribution in [0.15, 0.2) is 28.8 Å². The van der Waals surface area contributed by atoms with Gasteiger partial charge in [-0.1, -0.05) is 51.1 Å². The average Bonchev–Trinajstić information content (AvgIpc) is 3.34. The standard InChI is InChI=1S/C27H40N4O2/c1-18(2)13-15-31-22-10-11-23(31)17-30(16-21-8-6-7-9-24(21)28-14-12-22)27(32)25-20(5)33-29-26(25)19(3)4/h6-9,18-19,22-23,28H,10-17H2,1-5H3/t22-,23+/m1/s1. The van der Waals surface area contributed by atoms with E-state index >= 15 is 0 Å². The van der Waals surface area contributed by atoms with E-state index in [9.17, 15) is 4.79 Å². The maximum Gasteiger partial charge on any atom is 0.259 e. The summed E-state index contributed by atoms with van der Waals surface area (Å²) in [5.41, 5.74) is 3.71. The largest absolute Gasteiger partial charge is 0.385 e. The molecule has 2 bridgehead atoms. The summed E-state index contributed by atoms with van der Waals surface area (Å²) in [6.45, 7) is 14.0. The second-order valence-electron chi connectivity index (χ2n) is 10.5. The van der Waals surface area contributed by atoms with Gasteiger partial charge in [-0.2, -0.15) is 0 Å². The highest BCUT2D eigenvalue weighted by atomic mass is 16.5. The predicted molar refractivity (Wildman–Crippen MR) is 133 cm³/mol. The molecule has 6 nitrogen and oxygen atoms in total. The van der Waals surface area contributed by atoms with Crippen LogP contribution in [0.2, 0.25) is 0 Å². The van der Waals surface area contributed by atoms with Crippen LogP contribution in [0.1, 0.15) is 86.7 Å². The van der Waals surface area contributed by atoms with Crippen molar-refractivity contribution in [1.82, 2.24) is 15.0 Å². The van der Waals surface area contributed by atoms with E-state index in [-0.39, 0.29) is 11.8 Å². The number of rotatable bonds is 5. The van der Waals surface area contributed by atoms with Gasteiger partial charge in [0.25, 0.3) is 5.91 Å². The second kappa shape index (κ2) is 10.3. The lowest BCUT2D eigenvalue weighted by Crippen LogP contribution is -2.46. The van der Waals surface area contributed by atoms with Crippen LogP contribution in [0.5, 0.6) is 0 Å². The SMILES string of the molecule is Cc1onc(C(C)C)c1C(=O)N1Cc2ccccc2NCC[C@H]2CC[C@@H](C1)N2CCC(C)C. The number of hydrogen-bond acceptors (Lipinski definition) is 5. The van der Waals surface area contributed by atoms with E-state index in [1.54, 1.807) is 0 Å². The third-order valence-corrected chi connectivity index (χ3v) is 7.28. The van der Waals surface area contributed by atoms with E-state index in [4.69, 9.17) is 4.52 Å². The van der Waals surface area contributed by atoms with E-state index < -0.39 is 0 Å². The Hall–Kier alpha value is -2.34. The quantitative estimate of drug-likeness (QED) is 0.654. The number of carbonyl (C=O) groups is 1. The molecule has 0 aliphatic carbocycles. The molecule has 1 saturated heterocycles. The molecule has 1 N–H and O–H groups in total. The summed E-state index contributed by atoms with van der Waals surface area (Å²) in [6.07, 6.45) is 4.68. The number of aromatic nitrogens is 1. The molecule has 2 aromatic rings. The molecule has 0 unspecified atom stereocenters. The minimum atomic E-state index is 0.0405. The lowest BCUT2D eigenvalue weighted by Gasteiger charge is -2.34. The van der Waals surface area contributed by atoms with E-state index in [0.29, 0.717) is 35.9 Å². The Balaban J connectivity index is 1.69. The van der Waals surface area contributed by atoms with E-state index in [0.717, 1.165) is 49.4 Å². The fourth-order valence-corrected chi connectivity index (χ4v) is 5.38. The Labute approximate surface area is 198 Å². The summed E-state index contributed by atoms with van der Waals surface area (Å²) in [4.78, 5) is 18.7. The summed E-state index contributed by atoms with van der Waals surface area (Å²) in [5.74, 6) is 1.47. The van der Waals surface area contributed by atoms with Crippen molar-refractivity contribution in [2.45, 2.75) is 84.8 Å². The number of amides is 1. The van der Waals surface area contributed by atoms with Crippen LogP contribution in [0.3, 0.4) is 0 Å². The molecular weight excluding hydrogens is 412 g/mol. The molecule has 2 aliphatic rings. The molecule has 0 radical (unpaired) electrons. The third kappa shape index (κ3) is 5.26. The summed E-state index contributed by atoms with van der Waals surface area (Å²) in [5, 5.41) is 7.90. The van der Waals surface area contributed by atoms with Crippen LogP contribution in [-0.2, 0) is 6.54 Å². The van der Waals surface area contributed by atoms with Crippen LogP contribution in [0.25, 0.3) is 0 Å². The van der Waals surface area contributed by atoms with Crippen molar-refractivity contribution in [3.63, 3.8) is 0 Å². The zero-order valence-corrected chi connectivity index (χ0v) is 20.9. The van der Waals surface area contributed by atoms with Gasteiger partial charge in [0, 0.05) is 37.4 Å². The van der Waals surface area contributed by atoms with Gasteiger partial charge in [0.1, 0.15) is 11.3 Å². The van der Waals surface area contributed by atoms with Crippen LogP contribution >= 0.6 is 0 Å². The highest BCUT2D eigenvalue weighted by Crippen LogP contribution is 2.31. The van der Waals surface area contributed by atoms with E-state index in [1.165, 1.54) is 12.8 Å². The maximum absolute atomic E-state index is 14.0. The Kier molecular flexibility index (Phi) is 7.42. The summed E-state index contributed by atoms with van der Waals surface area (Å²) in [7, 11) is 0. The molecule has 33 heavy (non-hydrogen) atoms. The number of fused-ring (bicyclic) bond motifs is 3. The normalized spacial score (nSPS) is 21.7. The number of hydrogen-bond donors (Lipinski definition) is 1. The van der Waals surface area contributed by atoms with Gasteiger partial charge in [-0.25, -0.2) is 0 Å². The van der Waals surface area contributed by atoms with Gasteiger partial charge in [0.2, 0.25) is 0 Å². The van der Waals surface area contributed by atoms with Crippen molar-refractivity contribution < 1.29 is 9.32 Å². The topological polar surface area (TPSA) is 61.6 Å². The van der Waals surface area contributed by atoms with Crippen molar-refractivity contribution in [2.24, 2.45) is 5.92 Å². The molecule has 1 fully saturated rings. The van der Waals surface area contributed by atoms with Gasteiger partial charge in [-0.15, -0.1) is 0 Å². The molecule has 1 amide bonds. The summed E-state index contributed by atoms with van der Waals surface area (Å²) < 4.78 is 5.49. The Morgan fingerprint density at radius 3 is 2.67 bits per heavy atom. The van der Waals surface area contributed by atoms with Crippen LogP contribution in [0, 0.1) is 12.8 Å². The first-order valence-electron chi connectivity index (χ1n) is 12.7. The Bertz CT molecular complexity index is 951. The van der Waals surface area contributed by atoms with Gasteiger partial charge in [-0.05, 0) is 62.6 Å². The van der Waals surface area contributed by atoms with E-state index in [2.05, 4.69) is 67.3 Å². The minimum Gasteiger partial charge on any atom is -0.385 e. The zero-order chi connectivity index (χ0) is 23.5. The van der Waals surface area contributed by atoms with E-state index in [1.807, 2.05) is 11.8 Å². The molecule has 1 aromatic heterocycles. The van der Waals surface area contributed by atoms with Gasteiger partial charge in [0.05, 0.1) is 5.69 Å². The van der Waals surface area contributed by atoms with Crippen LogP contribution in [0.4, 0.5) is 5.69 Å². The molecule has 2 atom stereocenters. The summed E-state index contributed by atoms with van der Waals surface area (Å²) >= 11 is 0. The fraction of sp³-hybridized carbons (Fsp3) is 0.630. The van der Waals surface area contributed by atoms with Crippen LogP contribution in [-0.4, -0.2) is 52.6 Å². The van der Waals surface area contributed by atoms with Gasteiger partial charge < -0.3 is 14.7 Å². The summed E-state index contributed by atoms with van der Waals surface area (Å²) in [6, 6.07) is 9.37. The number of nitrogens with one attached hydrogen (secondary N) is 1. The molecule has 0 spiro atoms. The second-order valence-corrected chi connectivity index (χ2v) is 10.5. The van der Waals surface area contributed by atoms with Gasteiger partial charge in [0.15, 0.2) is 0 Å². The predicted octanol–water partition coefficient (Wildman–Crippen LogP) is 5.44. The lowest BCUT2D eigenvalue weighted by atomic mass is 10.0. The molecule has 1 aromatic carbocycles. The molecule has 2 aliphatic heterocycles. The first-order valence-corrected chi connectivity index (χ1v) is 12.7. The average molecular weight is 453 g/mol. The maximum atomic E-state index is 14.0. The van der Waals surface area contributed by atoms with Crippen molar-refractivity contribution in [3.8, 4) is 0 Å². The molecule has 3 heterocycles. The molecule has 6 heteroatoms.